The van der Waals surface area contributed by atoms with Crippen molar-refractivity contribution in [1.29, 1.82) is 0 Å². The van der Waals surface area contributed by atoms with Gasteiger partial charge in [0.2, 0.25) is 0 Å². The van der Waals surface area contributed by atoms with Crippen molar-refractivity contribution in [1.82, 2.24) is 4.98 Å². The van der Waals surface area contributed by atoms with Crippen molar-refractivity contribution in [2.45, 2.75) is 14.0 Å². The number of aromatic nitrogens is 1. The highest BCUT2D eigenvalue weighted by Gasteiger charge is 1.92. The Morgan fingerprint density at radius 1 is 1.67 bits per heavy atom. The Morgan fingerprint density at radius 3 is 2.56 bits per heavy atom. The minimum absolute atomic E-state index is 0. The van der Waals surface area contributed by atoms with Crippen LogP contribution in [0.2, 0.25) is 0 Å². The predicted octanol–water partition coefficient (Wildman–Crippen LogP) is 0.820. The molecule has 0 saturated carbocycles. The summed E-state index contributed by atoms with van der Waals surface area (Å²) in [6.45, 7) is 0.480. The minimum Gasteiger partial charge on any atom is -0.375 e. The third-order valence-corrected chi connectivity index (χ3v) is 1.50. The van der Waals surface area contributed by atoms with Gasteiger partial charge in [-0.2, -0.15) is 0 Å². The van der Waals surface area contributed by atoms with Crippen LogP contribution in [0.5, 0.6) is 0 Å². The van der Waals surface area contributed by atoms with Gasteiger partial charge in [0.25, 0.3) is 0 Å². The maximum absolute atomic E-state index is 5.31. The van der Waals surface area contributed by atoms with Gasteiger partial charge >= 0.3 is 0 Å². The van der Waals surface area contributed by atoms with Crippen LogP contribution in [0.25, 0.3) is 0 Å². The van der Waals surface area contributed by atoms with E-state index < -0.39 is 0 Å². The van der Waals surface area contributed by atoms with E-state index in [4.69, 9.17) is 11.5 Å². The van der Waals surface area contributed by atoms with Gasteiger partial charge < -0.3 is 11.5 Å². The van der Waals surface area contributed by atoms with E-state index in [-0.39, 0.29) is 7.43 Å². The third kappa shape index (κ3) is 1.99. The first kappa shape index (κ1) is 8.39. The van der Waals surface area contributed by atoms with Gasteiger partial charge in [0, 0.05) is 11.9 Å². The van der Waals surface area contributed by atoms with Gasteiger partial charge in [-0.25, -0.2) is 4.98 Å². The second kappa shape index (κ2) is 3.42. The first-order valence-electron chi connectivity index (χ1n) is 2.23. The number of anilines is 1. The van der Waals surface area contributed by atoms with Gasteiger partial charge in [-0.05, 0) is 0 Å². The van der Waals surface area contributed by atoms with E-state index in [1.165, 1.54) is 11.3 Å². The second-order valence-electron chi connectivity index (χ2n) is 1.38. The number of nitrogen functional groups attached to an aromatic ring is 1. The standard InChI is InChI=1S/C4H7N3S.CH4/c5-1-3-2-8-4(6)7-3;/h2H,1,5H2,(H2,6,7);1H4. The molecule has 4 heteroatoms. The van der Waals surface area contributed by atoms with E-state index in [1.54, 1.807) is 0 Å². The molecule has 9 heavy (non-hydrogen) atoms. The van der Waals surface area contributed by atoms with Crippen molar-refractivity contribution in [3.05, 3.63) is 11.1 Å². The van der Waals surface area contributed by atoms with Crippen molar-refractivity contribution in [2.75, 3.05) is 5.73 Å². The number of rotatable bonds is 1. The molecule has 1 aromatic rings. The van der Waals surface area contributed by atoms with E-state index in [9.17, 15) is 0 Å². The van der Waals surface area contributed by atoms with Crippen LogP contribution in [0.1, 0.15) is 13.1 Å². The van der Waals surface area contributed by atoms with Gasteiger partial charge in [-0.3, -0.25) is 0 Å². The lowest BCUT2D eigenvalue weighted by atomic mass is 10.5. The Morgan fingerprint density at radius 2 is 2.33 bits per heavy atom. The minimum atomic E-state index is 0. The molecule has 3 nitrogen and oxygen atoms in total. The monoisotopic (exact) mass is 145 g/mol. The molecule has 0 unspecified atom stereocenters. The van der Waals surface area contributed by atoms with Crippen molar-refractivity contribution in [3.63, 3.8) is 0 Å². The normalized spacial score (nSPS) is 8.56. The van der Waals surface area contributed by atoms with Gasteiger partial charge in [0.15, 0.2) is 5.13 Å². The summed E-state index contributed by atoms with van der Waals surface area (Å²) in [5.74, 6) is 0. The number of hydrogen-bond acceptors (Lipinski definition) is 4. The number of hydrogen-bond donors (Lipinski definition) is 2. The number of nitrogens with zero attached hydrogens (tertiary/aromatic N) is 1. The first-order valence-corrected chi connectivity index (χ1v) is 3.11. The van der Waals surface area contributed by atoms with E-state index in [0.717, 1.165) is 5.69 Å². The molecule has 4 N–H and O–H groups in total. The lowest BCUT2D eigenvalue weighted by Crippen LogP contribution is -1.96. The SMILES string of the molecule is C.NCc1csc(N)n1. The van der Waals surface area contributed by atoms with Gasteiger partial charge in [0.05, 0.1) is 5.69 Å². The molecule has 0 bridgehead atoms. The number of nitrogens with two attached hydrogens (primary N) is 2. The Kier molecular flexibility index (Phi) is 3.19. The summed E-state index contributed by atoms with van der Waals surface area (Å²) in [6, 6.07) is 0. The summed E-state index contributed by atoms with van der Waals surface area (Å²) < 4.78 is 0. The zero-order valence-electron chi connectivity index (χ0n) is 4.29. The second-order valence-corrected chi connectivity index (χ2v) is 2.27. The average Bonchev–Trinajstić information content (AvgIpc) is 2.14. The quantitative estimate of drug-likeness (QED) is 0.615. The molecule has 52 valence electrons. The molecule has 0 spiro atoms. The summed E-state index contributed by atoms with van der Waals surface area (Å²) in [4.78, 5) is 3.90. The molecular weight excluding hydrogens is 134 g/mol. The molecule has 0 aromatic carbocycles. The Bertz CT molecular complexity index is 172. The molecule has 1 aromatic heterocycles. The number of thiazole rings is 1. The van der Waals surface area contributed by atoms with Crippen LogP contribution in [-0.4, -0.2) is 4.98 Å². The van der Waals surface area contributed by atoms with Crippen LogP contribution in [-0.2, 0) is 6.54 Å². The first-order chi connectivity index (χ1) is 3.83. The van der Waals surface area contributed by atoms with E-state index in [0.29, 0.717) is 11.7 Å². The maximum Gasteiger partial charge on any atom is 0.180 e. The Balaban J connectivity index is 0.000000640. The van der Waals surface area contributed by atoms with Crippen LogP contribution < -0.4 is 11.5 Å². The lowest BCUT2D eigenvalue weighted by molar-refractivity contribution is 1.01. The molecule has 0 aliphatic rings. The van der Waals surface area contributed by atoms with Crippen LogP contribution in [0.3, 0.4) is 0 Å². The summed E-state index contributed by atoms with van der Waals surface area (Å²) in [5.41, 5.74) is 11.4. The lowest BCUT2D eigenvalue weighted by Gasteiger charge is -1.80. The zero-order chi connectivity index (χ0) is 5.98. The molecule has 0 radical (unpaired) electrons. The van der Waals surface area contributed by atoms with Crippen LogP contribution >= 0.6 is 11.3 Å². The maximum atomic E-state index is 5.31. The highest BCUT2D eigenvalue weighted by atomic mass is 32.1. The van der Waals surface area contributed by atoms with Gasteiger partial charge in [-0.1, -0.05) is 7.43 Å². The smallest absolute Gasteiger partial charge is 0.180 e. The summed E-state index contributed by atoms with van der Waals surface area (Å²) >= 11 is 1.42. The third-order valence-electron chi connectivity index (χ3n) is 0.779. The van der Waals surface area contributed by atoms with Gasteiger partial charge in [-0.15, -0.1) is 11.3 Å². The molecule has 1 rings (SSSR count). The van der Waals surface area contributed by atoms with Crippen LogP contribution in [0.15, 0.2) is 5.38 Å². The van der Waals surface area contributed by atoms with Crippen LogP contribution in [0.4, 0.5) is 5.13 Å². The summed E-state index contributed by atoms with van der Waals surface area (Å²) in [5, 5.41) is 2.44. The van der Waals surface area contributed by atoms with Crippen molar-refractivity contribution in [3.8, 4) is 0 Å². The predicted molar refractivity (Wildman–Crippen MR) is 41.1 cm³/mol. The topological polar surface area (TPSA) is 64.9 Å². The van der Waals surface area contributed by atoms with E-state index in [1.807, 2.05) is 5.38 Å². The fraction of sp³-hybridized carbons (Fsp3) is 0.400. The van der Waals surface area contributed by atoms with Gasteiger partial charge in [0.1, 0.15) is 0 Å². The molecular formula is C5H11N3S. The molecule has 0 saturated heterocycles. The molecule has 1 heterocycles. The summed E-state index contributed by atoms with van der Waals surface area (Å²) in [7, 11) is 0. The fourth-order valence-corrected chi connectivity index (χ4v) is 0.992. The van der Waals surface area contributed by atoms with Crippen molar-refractivity contribution < 1.29 is 0 Å². The fourth-order valence-electron chi connectivity index (χ4n) is 0.416. The highest BCUT2D eigenvalue weighted by Crippen LogP contribution is 2.09. The van der Waals surface area contributed by atoms with Crippen molar-refractivity contribution >= 4 is 16.5 Å². The van der Waals surface area contributed by atoms with E-state index in [2.05, 4.69) is 4.98 Å². The Hall–Kier alpha value is -0.610. The highest BCUT2D eigenvalue weighted by molar-refractivity contribution is 7.13. The molecule has 0 aliphatic heterocycles. The largest absolute Gasteiger partial charge is 0.375 e. The Labute approximate surface area is 58.7 Å². The summed E-state index contributed by atoms with van der Waals surface area (Å²) in [6.07, 6.45) is 0. The molecule has 0 amide bonds. The zero-order valence-corrected chi connectivity index (χ0v) is 5.11. The van der Waals surface area contributed by atoms with Crippen LogP contribution in [0, 0.1) is 0 Å². The molecule has 0 aliphatic carbocycles. The average molecular weight is 145 g/mol. The molecule has 0 atom stereocenters. The molecule has 0 fully saturated rings. The van der Waals surface area contributed by atoms with E-state index >= 15 is 0 Å². The van der Waals surface area contributed by atoms with Crippen molar-refractivity contribution in [2.24, 2.45) is 5.73 Å².